The summed E-state index contributed by atoms with van der Waals surface area (Å²) in [6, 6.07) is 8.82. The standard InChI is InChI=1S/C14H11ClF3N3O2S/c1-21-13(24-9-5-3-2-4-6-9)10(8-19-23-11(22)7-15)12(20-21)14(16,17)18/h2-6,8H,7H2,1H3. The van der Waals surface area contributed by atoms with Gasteiger partial charge in [-0.1, -0.05) is 35.1 Å². The lowest BCUT2D eigenvalue weighted by Gasteiger charge is -2.05. The molecule has 0 bridgehead atoms. The van der Waals surface area contributed by atoms with Crippen LogP contribution < -0.4 is 0 Å². The Bertz CT molecular complexity index is 748. The number of halogens is 4. The van der Waals surface area contributed by atoms with Gasteiger partial charge < -0.3 is 4.84 Å². The number of carbonyl (C=O) groups excluding carboxylic acids is 1. The van der Waals surface area contributed by atoms with Crippen molar-refractivity contribution < 1.29 is 22.8 Å². The van der Waals surface area contributed by atoms with Crippen molar-refractivity contribution in [3.8, 4) is 0 Å². The molecule has 0 fully saturated rings. The average molecular weight is 378 g/mol. The zero-order chi connectivity index (χ0) is 17.7. The SMILES string of the molecule is Cn1nc(C(F)(F)F)c(C=NOC(=O)CCl)c1Sc1ccccc1. The number of carbonyl (C=O) groups is 1. The second-order valence-corrected chi connectivity index (χ2v) is 5.76. The Balaban J connectivity index is 2.41. The predicted molar refractivity (Wildman–Crippen MR) is 83.2 cm³/mol. The highest BCUT2D eigenvalue weighted by molar-refractivity contribution is 7.99. The van der Waals surface area contributed by atoms with Gasteiger partial charge in [0.25, 0.3) is 0 Å². The molecule has 2 rings (SSSR count). The van der Waals surface area contributed by atoms with E-state index in [9.17, 15) is 18.0 Å². The minimum atomic E-state index is -4.68. The van der Waals surface area contributed by atoms with Crippen molar-refractivity contribution in [1.29, 1.82) is 0 Å². The number of nitrogens with zero attached hydrogens (tertiary/aromatic N) is 3. The molecule has 10 heteroatoms. The number of oxime groups is 1. The van der Waals surface area contributed by atoms with Gasteiger partial charge in [-0.05, 0) is 12.1 Å². The fraction of sp³-hybridized carbons (Fsp3) is 0.214. The van der Waals surface area contributed by atoms with Gasteiger partial charge in [0.2, 0.25) is 0 Å². The van der Waals surface area contributed by atoms with Crippen LogP contribution in [0.25, 0.3) is 0 Å². The summed E-state index contributed by atoms with van der Waals surface area (Å²) in [7, 11) is 1.39. The lowest BCUT2D eigenvalue weighted by molar-refractivity contribution is -0.141. The van der Waals surface area contributed by atoms with Crippen molar-refractivity contribution >= 4 is 35.5 Å². The fourth-order valence-corrected chi connectivity index (χ4v) is 2.73. The topological polar surface area (TPSA) is 56.5 Å². The monoisotopic (exact) mass is 377 g/mol. The summed E-state index contributed by atoms with van der Waals surface area (Å²) in [5.74, 6) is -1.33. The van der Waals surface area contributed by atoms with E-state index in [1.165, 1.54) is 7.05 Å². The van der Waals surface area contributed by atoms with Gasteiger partial charge in [0, 0.05) is 11.9 Å². The summed E-state index contributed by atoms with van der Waals surface area (Å²) in [6.07, 6.45) is -3.86. The number of hydrogen-bond donors (Lipinski definition) is 0. The summed E-state index contributed by atoms with van der Waals surface area (Å²) in [5.41, 5.74) is -1.41. The molecule has 0 aliphatic carbocycles. The van der Waals surface area contributed by atoms with Gasteiger partial charge in [-0.3, -0.25) is 4.68 Å². The van der Waals surface area contributed by atoms with E-state index in [1.807, 2.05) is 0 Å². The molecule has 0 atom stereocenters. The molecule has 1 aromatic carbocycles. The minimum absolute atomic E-state index is 0.208. The van der Waals surface area contributed by atoms with Crippen molar-refractivity contribution in [2.45, 2.75) is 16.1 Å². The molecule has 0 amide bonds. The number of rotatable bonds is 5. The maximum atomic E-state index is 13.2. The molecule has 0 radical (unpaired) electrons. The van der Waals surface area contributed by atoms with Gasteiger partial charge in [0.1, 0.15) is 10.9 Å². The zero-order valence-corrected chi connectivity index (χ0v) is 13.8. The first-order valence-corrected chi connectivity index (χ1v) is 7.84. The highest BCUT2D eigenvalue weighted by atomic mass is 35.5. The lowest BCUT2D eigenvalue weighted by atomic mass is 10.2. The van der Waals surface area contributed by atoms with E-state index >= 15 is 0 Å². The molecule has 0 N–H and O–H groups in total. The second kappa shape index (κ2) is 7.71. The molecule has 0 aliphatic heterocycles. The van der Waals surface area contributed by atoms with E-state index in [-0.39, 0.29) is 10.6 Å². The first-order chi connectivity index (χ1) is 11.3. The molecule has 5 nitrogen and oxygen atoms in total. The van der Waals surface area contributed by atoms with Gasteiger partial charge in [-0.2, -0.15) is 18.3 Å². The molecular formula is C14H11ClF3N3O2S. The van der Waals surface area contributed by atoms with E-state index < -0.39 is 23.7 Å². The number of hydrogen-bond acceptors (Lipinski definition) is 5. The van der Waals surface area contributed by atoms with Crippen LogP contribution in [-0.2, 0) is 22.9 Å². The molecule has 0 saturated carbocycles. The third-order valence-electron chi connectivity index (χ3n) is 2.70. The molecule has 0 spiro atoms. The van der Waals surface area contributed by atoms with Crippen LogP contribution in [0.15, 0.2) is 45.4 Å². The molecule has 0 aliphatic rings. The van der Waals surface area contributed by atoms with E-state index in [1.54, 1.807) is 30.3 Å². The Morgan fingerprint density at radius 2 is 2.08 bits per heavy atom. The number of aromatic nitrogens is 2. The molecular weight excluding hydrogens is 367 g/mol. The third-order valence-corrected chi connectivity index (χ3v) is 4.10. The Morgan fingerprint density at radius 3 is 2.67 bits per heavy atom. The summed E-state index contributed by atoms with van der Waals surface area (Å²) >= 11 is 6.32. The van der Waals surface area contributed by atoms with Crippen LogP contribution in [0.3, 0.4) is 0 Å². The van der Waals surface area contributed by atoms with Crippen LogP contribution >= 0.6 is 23.4 Å². The van der Waals surface area contributed by atoms with Crippen LogP contribution in [0.1, 0.15) is 11.3 Å². The van der Waals surface area contributed by atoms with Crippen LogP contribution in [0, 0.1) is 0 Å². The first-order valence-electron chi connectivity index (χ1n) is 6.49. The van der Waals surface area contributed by atoms with Crippen molar-refractivity contribution in [2.24, 2.45) is 12.2 Å². The molecule has 1 aromatic heterocycles. The summed E-state index contributed by atoms with van der Waals surface area (Å²) < 4.78 is 40.6. The Kier molecular flexibility index (Phi) is 5.89. The van der Waals surface area contributed by atoms with Crippen LogP contribution in [-0.4, -0.2) is 27.8 Å². The van der Waals surface area contributed by atoms with E-state index in [4.69, 9.17) is 11.6 Å². The molecule has 0 unspecified atom stereocenters. The van der Waals surface area contributed by atoms with Gasteiger partial charge in [-0.15, -0.1) is 11.6 Å². The highest BCUT2D eigenvalue weighted by Crippen LogP contribution is 2.37. The number of alkyl halides is 4. The predicted octanol–water partition coefficient (Wildman–Crippen LogP) is 3.71. The molecule has 0 saturated heterocycles. The van der Waals surface area contributed by atoms with Crippen molar-refractivity contribution in [3.63, 3.8) is 0 Å². The summed E-state index contributed by atoms with van der Waals surface area (Å²) in [6.45, 7) is 0. The van der Waals surface area contributed by atoms with E-state index in [0.717, 1.165) is 27.6 Å². The molecule has 2 aromatic rings. The van der Waals surface area contributed by atoms with Gasteiger partial charge in [-0.25, -0.2) is 4.79 Å². The van der Waals surface area contributed by atoms with Gasteiger partial charge >= 0.3 is 12.1 Å². The quantitative estimate of drug-likeness (QED) is 0.345. The van der Waals surface area contributed by atoms with Crippen LogP contribution in [0.5, 0.6) is 0 Å². The maximum Gasteiger partial charge on any atom is 0.435 e. The van der Waals surface area contributed by atoms with Crippen molar-refractivity contribution in [1.82, 2.24) is 9.78 Å². The van der Waals surface area contributed by atoms with Gasteiger partial charge in [0.05, 0.1) is 11.8 Å². The zero-order valence-electron chi connectivity index (χ0n) is 12.2. The molecule has 1 heterocycles. The molecule has 24 heavy (non-hydrogen) atoms. The Hall–Kier alpha value is -2.00. The lowest BCUT2D eigenvalue weighted by Crippen LogP contribution is -2.09. The minimum Gasteiger partial charge on any atom is -0.317 e. The smallest absolute Gasteiger partial charge is 0.317 e. The largest absolute Gasteiger partial charge is 0.435 e. The Labute approximate surface area is 144 Å². The highest BCUT2D eigenvalue weighted by Gasteiger charge is 2.38. The second-order valence-electron chi connectivity index (χ2n) is 4.44. The molecule has 128 valence electrons. The van der Waals surface area contributed by atoms with E-state index in [0.29, 0.717) is 0 Å². The van der Waals surface area contributed by atoms with Gasteiger partial charge in [0.15, 0.2) is 5.69 Å². The normalized spacial score (nSPS) is 11.9. The van der Waals surface area contributed by atoms with Crippen LogP contribution in [0.2, 0.25) is 0 Å². The summed E-state index contributed by atoms with van der Waals surface area (Å²) in [4.78, 5) is 16.0. The van der Waals surface area contributed by atoms with Crippen molar-refractivity contribution in [2.75, 3.05) is 5.88 Å². The Morgan fingerprint density at radius 1 is 1.42 bits per heavy atom. The average Bonchev–Trinajstić information content (AvgIpc) is 2.85. The third kappa shape index (κ3) is 4.51. The van der Waals surface area contributed by atoms with Crippen LogP contribution in [0.4, 0.5) is 13.2 Å². The van der Waals surface area contributed by atoms with E-state index in [2.05, 4.69) is 15.1 Å². The fourth-order valence-electron chi connectivity index (χ4n) is 1.73. The first kappa shape index (κ1) is 18.3. The number of aryl methyl sites for hydroxylation is 1. The number of benzene rings is 1. The maximum absolute atomic E-state index is 13.2. The summed E-state index contributed by atoms with van der Waals surface area (Å²) in [5, 5.41) is 6.99. The van der Waals surface area contributed by atoms with Crippen molar-refractivity contribution in [3.05, 3.63) is 41.6 Å².